The zero-order valence-corrected chi connectivity index (χ0v) is 8.95. The van der Waals surface area contributed by atoms with Crippen LogP contribution >= 0.6 is 15.9 Å². The Kier molecular flexibility index (Phi) is 2.19. The summed E-state index contributed by atoms with van der Waals surface area (Å²) in [4.78, 5) is 13.7. The molecule has 0 saturated carbocycles. The molecule has 2 aromatic rings. The fourth-order valence-corrected chi connectivity index (χ4v) is 1.71. The van der Waals surface area contributed by atoms with Crippen molar-refractivity contribution in [1.29, 1.82) is 0 Å². The summed E-state index contributed by atoms with van der Waals surface area (Å²) in [6.07, 6.45) is 1.49. The van der Waals surface area contributed by atoms with Gasteiger partial charge in [-0.05, 0) is 18.2 Å². The van der Waals surface area contributed by atoms with Gasteiger partial charge in [0, 0.05) is 16.9 Å². The van der Waals surface area contributed by atoms with Crippen molar-refractivity contribution in [3.8, 4) is 0 Å². The second-order valence-corrected chi connectivity index (χ2v) is 3.73. The summed E-state index contributed by atoms with van der Waals surface area (Å²) >= 11 is 3.35. The molecule has 0 amide bonds. The SMILES string of the molecule is Cn1nc(N=C=O)c2cc(Br)ccc21. The van der Waals surface area contributed by atoms with E-state index in [2.05, 4.69) is 26.0 Å². The Morgan fingerprint density at radius 3 is 3.07 bits per heavy atom. The lowest BCUT2D eigenvalue weighted by Gasteiger charge is -1.92. The number of carbonyl (C=O) groups excluding carboxylic acids is 1. The molecule has 5 heteroatoms. The number of aromatic nitrogens is 2. The van der Waals surface area contributed by atoms with Crippen LogP contribution in [0.5, 0.6) is 0 Å². The molecule has 1 aromatic carbocycles. The number of aliphatic imine (C=N–C) groups is 1. The van der Waals surface area contributed by atoms with Crippen LogP contribution in [0.1, 0.15) is 0 Å². The molecule has 70 valence electrons. The van der Waals surface area contributed by atoms with Gasteiger partial charge in [-0.25, -0.2) is 4.79 Å². The third-order valence-electron chi connectivity index (χ3n) is 1.94. The molecule has 4 nitrogen and oxygen atoms in total. The monoisotopic (exact) mass is 251 g/mol. The normalized spacial score (nSPS) is 10.1. The molecule has 1 aromatic heterocycles. The topological polar surface area (TPSA) is 47.2 Å². The maximum atomic E-state index is 10.2. The Hall–Kier alpha value is -1.45. The molecule has 0 saturated heterocycles. The van der Waals surface area contributed by atoms with E-state index in [4.69, 9.17) is 0 Å². The lowest BCUT2D eigenvalue weighted by atomic mass is 10.2. The van der Waals surface area contributed by atoms with E-state index in [9.17, 15) is 4.79 Å². The van der Waals surface area contributed by atoms with Crippen molar-refractivity contribution in [2.45, 2.75) is 0 Å². The standard InChI is InChI=1S/C9H6BrN3O/c1-13-8-3-2-6(10)4-7(8)9(12-13)11-5-14/h2-4H,1H3. The highest BCUT2D eigenvalue weighted by Gasteiger charge is 2.07. The molecular formula is C9H6BrN3O. The van der Waals surface area contributed by atoms with Gasteiger partial charge in [0.1, 0.15) is 0 Å². The van der Waals surface area contributed by atoms with Gasteiger partial charge in [0.2, 0.25) is 6.08 Å². The zero-order chi connectivity index (χ0) is 10.1. The number of hydrogen-bond acceptors (Lipinski definition) is 3. The van der Waals surface area contributed by atoms with E-state index in [1.54, 1.807) is 11.7 Å². The molecule has 0 aliphatic carbocycles. The van der Waals surface area contributed by atoms with Crippen molar-refractivity contribution in [2.75, 3.05) is 0 Å². The lowest BCUT2D eigenvalue weighted by Crippen LogP contribution is -1.87. The summed E-state index contributed by atoms with van der Waals surface area (Å²) in [7, 11) is 1.81. The number of nitrogens with zero attached hydrogens (tertiary/aromatic N) is 3. The Morgan fingerprint density at radius 2 is 2.36 bits per heavy atom. The Balaban J connectivity index is 2.85. The third kappa shape index (κ3) is 1.36. The van der Waals surface area contributed by atoms with Gasteiger partial charge >= 0.3 is 0 Å². The maximum Gasteiger partial charge on any atom is 0.242 e. The average molecular weight is 252 g/mol. The van der Waals surface area contributed by atoms with Crippen molar-refractivity contribution in [3.63, 3.8) is 0 Å². The van der Waals surface area contributed by atoms with Gasteiger partial charge in [-0.1, -0.05) is 15.9 Å². The van der Waals surface area contributed by atoms with Gasteiger partial charge in [0.15, 0.2) is 5.82 Å². The average Bonchev–Trinajstić information content (AvgIpc) is 2.44. The van der Waals surface area contributed by atoms with Crippen molar-refractivity contribution < 1.29 is 4.79 Å². The smallest absolute Gasteiger partial charge is 0.242 e. The van der Waals surface area contributed by atoms with Crippen LogP contribution in [0.3, 0.4) is 0 Å². The first-order chi connectivity index (χ1) is 6.72. The predicted octanol–water partition coefficient (Wildman–Crippen LogP) is 2.30. The molecule has 2 rings (SSSR count). The third-order valence-corrected chi connectivity index (χ3v) is 2.44. The second-order valence-electron chi connectivity index (χ2n) is 2.81. The summed E-state index contributed by atoms with van der Waals surface area (Å²) in [6, 6.07) is 5.70. The van der Waals surface area contributed by atoms with Crippen LogP contribution in [-0.2, 0) is 11.8 Å². The molecule has 0 unspecified atom stereocenters. The van der Waals surface area contributed by atoms with Crippen molar-refractivity contribution in [3.05, 3.63) is 22.7 Å². The molecule has 0 N–H and O–H groups in total. The highest BCUT2D eigenvalue weighted by atomic mass is 79.9. The highest BCUT2D eigenvalue weighted by Crippen LogP contribution is 2.27. The second kappa shape index (κ2) is 3.36. The molecule has 1 heterocycles. The number of benzene rings is 1. The first kappa shape index (κ1) is 9.12. The van der Waals surface area contributed by atoms with Crippen molar-refractivity contribution in [1.82, 2.24) is 9.78 Å². The summed E-state index contributed by atoms with van der Waals surface area (Å²) in [5.74, 6) is 0.402. The Bertz CT molecular complexity index is 540. The molecular weight excluding hydrogens is 246 g/mol. The molecule has 0 spiro atoms. The first-order valence-corrected chi connectivity index (χ1v) is 4.72. The van der Waals surface area contributed by atoms with Gasteiger partial charge in [-0.15, -0.1) is 4.99 Å². The summed E-state index contributed by atoms with van der Waals surface area (Å²) in [5.41, 5.74) is 0.933. The molecule has 0 aliphatic rings. The van der Waals surface area contributed by atoms with E-state index >= 15 is 0 Å². The highest BCUT2D eigenvalue weighted by molar-refractivity contribution is 9.10. The van der Waals surface area contributed by atoms with Crippen LogP contribution in [0, 0.1) is 0 Å². The minimum atomic E-state index is 0.402. The molecule has 14 heavy (non-hydrogen) atoms. The van der Waals surface area contributed by atoms with E-state index in [0.717, 1.165) is 15.4 Å². The van der Waals surface area contributed by atoms with E-state index in [0.29, 0.717) is 5.82 Å². The van der Waals surface area contributed by atoms with Crippen LogP contribution in [0.15, 0.2) is 27.7 Å². The number of isocyanates is 1. The number of halogens is 1. The van der Waals surface area contributed by atoms with Crippen LogP contribution in [0.25, 0.3) is 10.9 Å². The van der Waals surface area contributed by atoms with Gasteiger partial charge in [0.05, 0.1) is 5.52 Å². The molecule has 0 bridgehead atoms. The number of rotatable bonds is 1. The van der Waals surface area contributed by atoms with Gasteiger partial charge < -0.3 is 0 Å². The van der Waals surface area contributed by atoms with E-state index in [1.807, 2.05) is 18.2 Å². The minimum Gasteiger partial charge on any atom is -0.266 e. The minimum absolute atomic E-state index is 0.402. The lowest BCUT2D eigenvalue weighted by molar-refractivity contribution is 0.565. The van der Waals surface area contributed by atoms with Crippen LogP contribution in [0.4, 0.5) is 5.82 Å². The number of aryl methyl sites for hydroxylation is 1. The maximum absolute atomic E-state index is 10.2. The van der Waals surface area contributed by atoms with E-state index in [1.165, 1.54) is 6.08 Å². The molecule has 0 atom stereocenters. The zero-order valence-electron chi connectivity index (χ0n) is 7.36. The van der Waals surface area contributed by atoms with E-state index < -0.39 is 0 Å². The number of fused-ring (bicyclic) bond motifs is 1. The van der Waals surface area contributed by atoms with Gasteiger partial charge in [-0.3, -0.25) is 4.68 Å². The number of hydrogen-bond donors (Lipinski definition) is 0. The fourth-order valence-electron chi connectivity index (χ4n) is 1.35. The first-order valence-electron chi connectivity index (χ1n) is 3.92. The van der Waals surface area contributed by atoms with Crippen LogP contribution in [0.2, 0.25) is 0 Å². The van der Waals surface area contributed by atoms with Crippen LogP contribution in [-0.4, -0.2) is 15.9 Å². The molecule has 0 aliphatic heterocycles. The summed E-state index contributed by atoms with van der Waals surface area (Å²) in [6.45, 7) is 0. The predicted molar refractivity (Wildman–Crippen MR) is 56.2 cm³/mol. The van der Waals surface area contributed by atoms with Gasteiger partial charge in [0.25, 0.3) is 0 Å². The quantitative estimate of drug-likeness (QED) is 0.577. The molecule has 0 fully saturated rings. The largest absolute Gasteiger partial charge is 0.266 e. The molecule has 0 radical (unpaired) electrons. The van der Waals surface area contributed by atoms with E-state index in [-0.39, 0.29) is 0 Å². The fraction of sp³-hybridized carbons (Fsp3) is 0.111. The Morgan fingerprint density at radius 1 is 1.57 bits per heavy atom. The summed E-state index contributed by atoms with van der Waals surface area (Å²) in [5, 5.41) is 4.93. The van der Waals surface area contributed by atoms with Crippen LogP contribution < -0.4 is 0 Å². The van der Waals surface area contributed by atoms with Crippen molar-refractivity contribution in [2.24, 2.45) is 12.0 Å². The Labute approximate surface area is 88.4 Å². The van der Waals surface area contributed by atoms with Crippen molar-refractivity contribution >= 4 is 38.7 Å². The summed E-state index contributed by atoms with van der Waals surface area (Å²) < 4.78 is 2.61. The van der Waals surface area contributed by atoms with Gasteiger partial charge in [-0.2, -0.15) is 5.10 Å².